The first-order valence-corrected chi connectivity index (χ1v) is 6.77. The Labute approximate surface area is 110 Å². The molecule has 0 heterocycles. The Bertz CT molecular complexity index is 342. The molecule has 0 aromatic carbocycles. The summed E-state index contributed by atoms with van der Waals surface area (Å²) in [4.78, 5) is 11.6. The monoisotopic (exact) mass is 251 g/mol. The molecule has 18 heavy (non-hydrogen) atoms. The predicted molar refractivity (Wildman–Crippen MR) is 74.5 cm³/mol. The van der Waals surface area contributed by atoms with Crippen LogP contribution in [0, 0.1) is 5.92 Å². The van der Waals surface area contributed by atoms with Crippen LogP contribution in [-0.4, -0.2) is 18.2 Å². The summed E-state index contributed by atoms with van der Waals surface area (Å²) in [5.74, 6) is 0.607. The average molecular weight is 251 g/mol. The van der Waals surface area contributed by atoms with E-state index in [9.17, 15) is 4.79 Å². The average Bonchev–Trinajstić information content (AvgIpc) is 2.28. The van der Waals surface area contributed by atoms with E-state index in [0.717, 1.165) is 19.3 Å². The molecule has 1 rings (SSSR count). The molecule has 3 nitrogen and oxygen atoms in total. The Morgan fingerprint density at radius 2 is 2.28 bits per heavy atom. The van der Waals surface area contributed by atoms with Crippen molar-refractivity contribution in [3.63, 3.8) is 0 Å². The molecule has 1 unspecified atom stereocenters. The molecular formula is C15H25NO2. The van der Waals surface area contributed by atoms with Crippen LogP contribution < -0.4 is 5.32 Å². The van der Waals surface area contributed by atoms with Gasteiger partial charge in [-0.1, -0.05) is 37.6 Å². The summed E-state index contributed by atoms with van der Waals surface area (Å²) in [7, 11) is 0. The third-order valence-corrected chi connectivity index (χ3v) is 3.24. The molecule has 102 valence electrons. The number of amides is 1. The van der Waals surface area contributed by atoms with Gasteiger partial charge in [0.25, 0.3) is 0 Å². The zero-order valence-corrected chi connectivity index (χ0v) is 12.0. The van der Waals surface area contributed by atoms with E-state index in [4.69, 9.17) is 4.74 Å². The van der Waals surface area contributed by atoms with Crippen molar-refractivity contribution < 1.29 is 9.53 Å². The first-order valence-electron chi connectivity index (χ1n) is 6.77. The fourth-order valence-corrected chi connectivity index (χ4v) is 1.76. The molecule has 1 aliphatic carbocycles. The molecule has 0 bridgehead atoms. The molecule has 0 saturated heterocycles. The topological polar surface area (TPSA) is 38.3 Å². The van der Waals surface area contributed by atoms with E-state index in [1.807, 2.05) is 20.8 Å². The fourth-order valence-electron chi connectivity index (χ4n) is 1.76. The van der Waals surface area contributed by atoms with Crippen LogP contribution in [0.25, 0.3) is 0 Å². The maximum absolute atomic E-state index is 11.6. The molecule has 0 saturated carbocycles. The third-order valence-electron chi connectivity index (χ3n) is 3.24. The lowest BCUT2D eigenvalue weighted by molar-refractivity contribution is 0.0364. The Morgan fingerprint density at radius 1 is 1.56 bits per heavy atom. The zero-order chi connectivity index (χ0) is 13.6. The van der Waals surface area contributed by atoms with Crippen LogP contribution in [0.1, 0.15) is 47.0 Å². The van der Waals surface area contributed by atoms with Crippen LogP contribution in [0.2, 0.25) is 0 Å². The van der Waals surface area contributed by atoms with Crippen molar-refractivity contribution in [1.82, 2.24) is 5.32 Å². The SMILES string of the molecule is CCC(C)(C)OC(=O)NCCC1=CC(C)CC=C1. The molecule has 0 spiro atoms. The number of carbonyl (C=O) groups excluding carboxylic acids is 1. The van der Waals surface area contributed by atoms with E-state index in [2.05, 4.69) is 30.5 Å². The van der Waals surface area contributed by atoms with E-state index < -0.39 is 0 Å². The maximum Gasteiger partial charge on any atom is 0.407 e. The van der Waals surface area contributed by atoms with Gasteiger partial charge in [0.05, 0.1) is 0 Å². The van der Waals surface area contributed by atoms with Crippen molar-refractivity contribution in [2.45, 2.75) is 52.6 Å². The van der Waals surface area contributed by atoms with Gasteiger partial charge in [0.2, 0.25) is 0 Å². The van der Waals surface area contributed by atoms with Crippen LogP contribution in [-0.2, 0) is 4.74 Å². The second-order valence-corrected chi connectivity index (χ2v) is 5.54. The first kappa shape index (κ1) is 14.8. The lowest BCUT2D eigenvalue weighted by Crippen LogP contribution is -2.34. The second kappa shape index (κ2) is 6.62. The van der Waals surface area contributed by atoms with Crippen LogP contribution in [0.3, 0.4) is 0 Å². The highest BCUT2D eigenvalue weighted by Gasteiger charge is 2.19. The van der Waals surface area contributed by atoms with E-state index in [1.54, 1.807) is 0 Å². The predicted octanol–water partition coefficient (Wildman–Crippen LogP) is 3.81. The summed E-state index contributed by atoms with van der Waals surface area (Å²) in [6.45, 7) is 8.67. The summed E-state index contributed by atoms with van der Waals surface area (Å²) < 4.78 is 5.31. The van der Waals surface area contributed by atoms with Gasteiger partial charge in [0.1, 0.15) is 5.60 Å². The van der Waals surface area contributed by atoms with Gasteiger partial charge in [-0.05, 0) is 39.0 Å². The minimum absolute atomic E-state index is 0.324. The van der Waals surface area contributed by atoms with Gasteiger partial charge >= 0.3 is 6.09 Å². The van der Waals surface area contributed by atoms with E-state index >= 15 is 0 Å². The summed E-state index contributed by atoms with van der Waals surface area (Å²) in [5.41, 5.74) is 0.909. The second-order valence-electron chi connectivity index (χ2n) is 5.54. The van der Waals surface area contributed by atoms with Crippen molar-refractivity contribution in [3.8, 4) is 0 Å². The van der Waals surface area contributed by atoms with E-state index in [1.165, 1.54) is 5.57 Å². The van der Waals surface area contributed by atoms with Gasteiger partial charge in [0, 0.05) is 6.54 Å². The highest BCUT2D eigenvalue weighted by atomic mass is 16.6. The molecular weight excluding hydrogens is 226 g/mol. The zero-order valence-electron chi connectivity index (χ0n) is 12.0. The quantitative estimate of drug-likeness (QED) is 0.806. The van der Waals surface area contributed by atoms with Crippen molar-refractivity contribution in [1.29, 1.82) is 0 Å². The minimum atomic E-state index is -0.386. The normalized spacial score (nSPS) is 19.3. The van der Waals surface area contributed by atoms with E-state index in [0.29, 0.717) is 12.5 Å². The van der Waals surface area contributed by atoms with Gasteiger partial charge in [0.15, 0.2) is 0 Å². The van der Waals surface area contributed by atoms with Crippen LogP contribution in [0.15, 0.2) is 23.8 Å². The molecule has 1 amide bonds. The number of carbonyl (C=O) groups is 1. The van der Waals surface area contributed by atoms with Gasteiger partial charge in [-0.3, -0.25) is 0 Å². The molecule has 1 aliphatic rings. The Morgan fingerprint density at radius 3 is 2.89 bits per heavy atom. The molecule has 0 radical (unpaired) electrons. The highest BCUT2D eigenvalue weighted by Crippen LogP contribution is 2.18. The van der Waals surface area contributed by atoms with Gasteiger partial charge in [-0.2, -0.15) is 0 Å². The number of nitrogens with one attached hydrogen (secondary N) is 1. The van der Waals surface area contributed by atoms with Crippen molar-refractivity contribution in [3.05, 3.63) is 23.8 Å². The Kier molecular flexibility index (Phi) is 5.45. The number of allylic oxidation sites excluding steroid dienone is 3. The summed E-state index contributed by atoms with van der Waals surface area (Å²) in [6.07, 6.45) is 9.07. The lowest BCUT2D eigenvalue weighted by Gasteiger charge is -2.23. The smallest absolute Gasteiger partial charge is 0.407 e. The van der Waals surface area contributed by atoms with E-state index in [-0.39, 0.29) is 11.7 Å². The summed E-state index contributed by atoms with van der Waals surface area (Å²) >= 11 is 0. The fraction of sp³-hybridized carbons (Fsp3) is 0.667. The molecule has 0 fully saturated rings. The Balaban J connectivity index is 2.26. The largest absolute Gasteiger partial charge is 0.444 e. The van der Waals surface area contributed by atoms with Gasteiger partial charge in [-0.15, -0.1) is 0 Å². The van der Waals surface area contributed by atoms with Crippen LogP contribution in [0.4, 0.5) is 4.79 Å². The number of hydrogen-bond acceptors (Lipinski definition) is 2. The highest BCUT2D eigenvalue weighted by molar-refractivity contribution is 5.67. The number of ether oxygens (including phenoxy) is 1. The van der Waals surface area contributed by atoms with Crippen molar-refractivity contribution >= 4 is 6.09 Å². The molecule has 1 atom stereocenters. The number of alkyl carbamates (subject to hydrolysis) is 1. The van der Waals surface area contributed by atoms with Crippen LogP contribution in [0.5, 0.6) is 0 Å². The first-order chi connectivity index (χ1) is 8.43. The molecule has 3 heteroatoms. The number of rotatable bonds is 5. The van der Waals surface area contributed by atoms with Crippen LogP contribution >= 0.6 is 0 Å². The minimum Gasteiger partial charge on any atom is -0.444 e. The molecule has 0 aliphatic heterocycles. The lowest BCUT2D eigenvalue weighted by atomic mass is 9.96. The molecule has 0 aromatic rings. The summed E-state index contributed by atoms with van der Waals surface area (Å²) in [5, 5.41) is 2.80. The molecule has 1 N–H and O–H groups in total. The van der Waals surface area contributed by atoms with Gasteiger partial charge in [-0.25, -0.2) is 4.79 Å². The maximum atomic E-state index is 11.6. The summed E-state index contributed by atoms with van der Waals surface area (Å²) in [6, 6.07) is 0. The Hall–Kier alpha value is -1.25. The van der Waals surface area contributed by atoms with Crippen molar-refractivity contribution in [2.24, 2.45) is 5.92 Å². The van der Waals surface area contributed by atoms with Gasteiger partial charge < -0.3 is 10.1 Å². The molecule has 0 aromatic heterocycles. The number of hydrogen-bond donors (Lipinski definition) is 1. The standard InChI is InChI=1S/C15H25NO2/c1-5-15(3,4)18-14(17)16-10-9-13-8-6-7-12(2)11-13/h6,8,11-12H,5,7,9-10H2,1-4H3,(H,16,17). The third kappa shape index (κ3) is 5.39. The van der Waals surface area contributed by atoms with Crippen molar-refractivity contribution in [2.75, 3.05) is 6.54 Å².